The molecule has 21 heavy (non-hydrogen) atoms. The molecule has 0 bridgehead atoms. The van der Waals surface area contributed by atoms with Gasteiger partial charge in [-0.25, -0.2) is 0 Å². The third kappa shape index (κ3) is 2.60. The van der Waals surface area contributed by atoms with Gasteiger partial charge in [0, 0.05) is 43.6 Å². The molecule has 1 amide bonds. The van der Waals surface area contributed by atoms with Gasteiger partial charge in [-0.05, 0) is 39.0 Å². The molecule has 1 aliphatic rings. The van der Waals surface area contributed by atoms with Crippen LogP contribution >= 0.6 is 0 Å². The Kier molecular flexibility index (Phi) is 3.57. The van der Waals surface area contributed by atoms with E-state index < -0.39 is 0 Å². The molecule has 1 aliphatic heterocycles. The van der Waals surface area contributed by atoms with Crippen LogP contribution in [0.4, 0.5) is 0 Å². The lowest BCUT2D eigenvalue weighted by atomic mass is 10.1. The van der Waals surface area contributed by atoms with Crippen LogP contribution in [0.2, 0.25) is 0 Å². The Morgan fingerprint density at radius 3 is 2.90 bits per heavy atom. The lowest BCUT2D eigenvalue weighted by Gasteiger charge is -2.35. The van der Waals surface area contributed by atoms with Crippen LogP contribution in [0.1, 0.15) is 36.5 Å². The average molecular weight is 286 g/mol. The van der Waals surface area contributed by atoms with Gasteiger partial charge in [0.05, 0.1) is 11.7 Å². The summed E-state index contributed by atoms with van der Waals surface area (Å²) >= 11 is 0. The van der Waals surface area contributed by atoms with Gasteiger partial charge in [0.2, 0.25) is 5.91 Å². The van der Waals surface area contributed by atoms with E-state index >= 15 is 0 Å². The number of hydrogen-bond donors (Lipinski definition) is 0. The van der Waals surface area contributed by atoms with Crippen molar-refractivity contribution < 1.29 is 4.79 Å². The van der Waals surface area contributed by atoms with E-state index in [2.05, 4.69) is 34.9 Å². The molecule has 2 aromatic heterocycles. The molecule has 1 atom stereocenters. The van der Waals surface area contributed by atoms with Crippen LogP contribution < -0.4 is 0 Å². The number of fused-ring (bicyclic) bond motifs is 1. The smallest absolute Gasteiger partial charge is 0.225 e. The number of carbonyl (C=O) groups is 1. The number of aromatic nitrogens is 3. The van der Waals surface area contributed by atoms with Crippen molar-refractivity contribution in [1.29, 1.82) is 0 Å². The topological polar surface area (TPSA) is 43.1 Å². The van der Waals surface area contributed by atoms with Crippen molar-refractivity contribution in [2.24, 2.45) is 0 Å². The van der Waals surface area contributed by atoms with Gasteiger partial charge in [-0.15, -0.1) is 0 Å². The molecule has 0 aromatic carbocycles. The molecule has 1 unspecified atom stereocenters. The minimum absolute atomic E-state index is 0.154. The minimum Gasteiger partial charge on any atom is -0.348 e. The maximum Gasteiger partial charge on any atom is 0.225 e. The van der Waals surface area contributed by atoms with E-state index in [4.69, 9.17) is 0 Å². The van der Waals surface area contributed by atoms with E-state index in [1.165, 1.54) is 5.69 Å². The van der Waals surface area contributed by atoms with Crippen LogP contribution in [-0.4, -0.2) is 31.7 Å². The third-order valence-electron chi connectivity index (χ3n) is 4.30. The van der Waals surface area contributed by atoms with Crippen molar-refractivity contribution in [2.75, 3.05) is 6.54 Å². The number of carbonyl (C=O) groups excluding carboxylic acids is 1. The number of aryl methyl sites for hydroxylation is 3. The van der Waals surface area contributed by atoms with E-state index in [0.29, 0.717) is 13.0 Å². The van der Waals surface area contributed by atoms with E-state index in [-0.39, 0.29) is 11.9 Å². The van der Waals surface area contributed by atoms with Crippen molar-refractivity contribution in [3.05, 3.63) is 41.5 Å². The van der Waals surface area contributed by atoms with Crippen molar-refractivity contribution in [3.63, 3.8) is 0 Å². The molecule has 0 aliphatic carbocycles. The highest BCUT2D eigenvalue weighted by molar-refractivity contribution is 5.76. The molecule has 5 heteroatoms. The minimum atomic E-state index is 0.154. The van der Waals surface area contributed by atoms with Gasteiger partial charge in [-0.3, -0.25) is 9.48 Å². The number of rotatable bonds is 3. The van der Waals surface area contributed by atoms with Crippen molar-refractivity contribution in [1.82, 2.24) is 19.2 Å². The molecule has 0 saturated carbocycles. The van der Waals surface area contributed by atoms with Gasteiger partial charge in [-0.1, -0.05) is 0 Å². The molecule has 0 radical (unpaired) electrons. The Labute approximate surface area is 125 Å². The fraction of sp³-hybridized carbons (Fsp3) is 0.500. The molecule has 5 nitrogen and oxygen atoms in total. The number of hydrogen-bond acceptors (Lipinski definition) is 2. The zero-order chi connectivity index (χ0) is 15.0. The monoisotopic (exact) mass is 286 g/mol. The van der Waals surface area contributed by atoms with Crippen LogP contribution in [0.3, 0.4) is 0 Å². The standard InChI is InChI=1S/C16H22N4O/c1-12-11-13(2)20(17-12)8-6-16(21)19-10-9-18-7-4-5-15(18)14(19)3/h4-5,7,11,14H,6,8-10H2,1-3H3. The summed E-state index contributed by atoms with van der Waals surface area (Å²) in [6.07, 6.45) is 2.59. The first kappa shape index (κ1) is 13.9. The normalized spacial score (nSPS) is 17.9. The van der Waals surface area contributed by atoms with Crippen molar-refractivity contribution in [3.8, 4) is 0 Å². The molecule has 112 valence electrons. The average Bonchev–Trinajstić information content (AvgIpc) is 3.03. The van der Waals surface area contributed by atoms with Gasteiger partial charge >= 0.3 is 0 Å². The molecular formula is C16H22N4O. The SMILES string of the molecule is Cc1cc(C)n(CCC(=O)N2CCn3cccc3C2C)n1. The fourth-order valence-corrected chi connectivity index (χ4v) is 3.17. The first-order chi connectivity index (χ1) is 10.1. The molecule has 3 heterocycles. The Hall–Kier alpha value is -2.04. The summed E-state index contributed by atoms with van der Waals surface area (Å²) in [5.74, 6) is 0.211. The predicted octanol–water partition coefficient (Wildman–Crippen LogP) is 2.29. The van der Waals surface area contributed by atoms with Gasteiger partial charge < -0.3 is 9.47 Å². The van der Waals surface area contributed by atoms with Crippen LogP contribution in [0, 0.1) is 13.8 Å². The van der Waals surface area contributed by atoms with Gasteiger partial charge in [0.15, 0.2) is 0 Å². The van der Waals surface area contributed by atoms with Crippen molar-refractivity contribution >= 4 is 5.91 Å². The van der Waals surface area contributed by atoms with Crippen LogP contribution in [0.5, 0.6) is 0 Å². The lowest BCUT2D eigenvalue weighted by molar-refractivity contribution is -0.134. The van der Waals surface area contributed by atoms with Crippen LogP contribution in [-0.2, 0) is 17.9 Å². The summed E-state index contributed by atoms with van der Waals surface area (Å²) < 4.78 is 4.15. The molecule has 2 aromatic rings. The lowest BCUT2D eigenvalue weighted by Crippen LogP contribution is -2.41. The van der Waals surface area contributed by atoms with Crippen LogP contribution in [0.25, 0.3) is 0 Å². The van der Waals surface area contributed by atoms with Crippen molar-refractivity contribution in [2.45, 2.75) is 46.3 Å². The Morgan fingerprint density at radius 2 is 2.19 bits per heavy atom. The van der Waals surface area contributed by atoms with E-state index in [1.807, 2.05) is 29.5 Å². The molecule has 0 saturated heterocycles. The van der Waals surface area contributed by atoms with E-state index in [1.54, 1.807) is 0 Å². The summed E-state index contributed by atoms with van der Waals surface area (Å²) in [5, 5.41) is 4.42. The summed E-state index contributed by atoms with van der Waals surface area (Å²) in [6.45, 7) is 8.44. The Morgan fingerprint density at radius 1 is 1.38 bits per heavy atom. The highest BCUT2D eigenvalue weighted by Gasteiger charge is 2.26. The second-order valence-electron chi connectivity index (χ2n) is 5.79. The Bertz CT molecular complexity index is 655. The quantitative estimate of drug-likeness (QED) is 0.869. The molecule has 0 N–H and O–H groups in total. The Balaban J connectivity index is 1.65. The predicted molar refractivity (Wildman–Crippen MR) is 80.9 cm³/mol. The largest absolute Gasteiger partial charge is 0.348 e. The zero-order valence-electron chi connectivity index (χ0n) is 12.9. The first-order valence-corrected chi connectivity index (χ1v) is 7.52. The third-order valence-corrected chi connectivity index (χ3v) is 4.30. The number of amides is 1. The molecule has 0 spiro atoms. The van der Waals surface area contributed by atoms with E-state index in [9.17, 15) is 4.79 Å². The maximum absolute atomic E-state index is 12.5. The summed E-state index contributed by atoms with van der Waals surface area (Å²) in [4.78, 5) is 14.5. The second kappa shape index (κ2) is 5.39. The fourth-order valence-electron chi connectivity index (χ4n) is 3.17. The highest BCUT2D eigenvalue weighted by Crippen LogP contribution is 2.25. The summed E-state index contributed by atoms with van der Waals surface area (Å²) in [6, 6.07) is 6.35. The number of nitrogens with zero attached hydrogens (tertiary/aromatic N) is 4. The van der Waals surface area contributed by atoms with Gasteiger partial charge in [-0.2, -0.15) is 5.10 Å². The molecule has 3 rings (SSSR count). The summed E-state index contributed by atoms with van der Waals surface area (Å²) in [5.41, 5.74) is 3.34. The molecular weight excluding hydrogens is 264 g/mol. The second-order valence-corrected chi connectivity index (χ2v) is 5.79. The van der Waals surface area contributed by atoms with Crippen LogP contribution in [0.15, 0.2) is 24.4 Å². The highest BCUT2D eigenvalue weighted by atomic mass is 16.2. The first-order valence-electron chi connectivity index (χ1n) is 7.52. The van der Waals surface area contributed by atoms with E-state index in [0.717, 1.165) is 24.5 Å². The van der Waals surface area contributed by atoms with Gasteiger partial charge in [0.25, 0.3) is 0 Å². The maximum atomic E-state index is 12.5. The molecule has 0 fully saturated rings. The summed E-state index contributed by atoms with van der Waals surface area (Å²) in [7, 11) is 0. The zero-order valence-corrected chi connectivity index (χ0v) is 12.9. The van der Waals surface area contributed by atoms with Gasteiger partial charge in [0.1, 0.15) is 0 Å².